The van der Waals surface area contributed by atoms with E-state index in [1.165, 1.54) is 11.1 Å². The average Bonchev–Trinajstić information content (AvgIpc) is 2.54. The van der Waals surface area contributed by atoms with Gasteiger partial charge in [0.2, 0.25) is 0 Å². The molecule has 1 aromatic rings. The topological polar surface area (TPSA) is 49.9 Å². The van der Waals surface area contributed by atoms with Crippen molar-refractivity contribution in [1.82, 2.24) is 9.80 Å². The number of hydrogen-bond acceptors (Lipinski definition) is 4. The van der Waals surface area contributed by atoms with Crippen molar-refractivity contribution in [2.75, 3.05) is 26.2 Å². The van der Waals surface area contributed by atoms with E-state index < -0.39 is 5.60 Å². The molecule has 142 valence electrons. The zero-order valence-corrected chi connectivity index (χ0v) is 16.1. The maximum Gasteiger partial charge on any atom is 0.410 e. The fourth-order valence-corrected chi connectivity index (χ4v) is 3.57. The Kier molecular flexibility index (Phi) is 5.66. The van der Waals surface area contributed by atoms with Gasteiger partial charge in [-0.05, 0) is 57.8 Å². The van der Waals surface area contributed by atoms with Crippen molar-refractivity contribution in [3.63, 3.8) is 0 Å². The Bertz CT molecular complexity index is 622. The molecule has 0 unspecified atom stereocenters. The summed E-state index contributed by atoms with van der Waals surface area (Å²) in [5.41, 5.74) is 2.15. The van der Waals surface area contributed by atoms with Crippen LogP contribution in [0.4, 0.5) is 4.79 Å². The first-order valence-corrected chi connectivity index (χ1v) is 9.58. The zero-order valence-electron chi connectivity index (χ0n) is 16.1. The number of piperidine rings is 1. The third kappa shape index (κ3) is 4.85. The van der Waals surface area contributed by atoms with Crippen LogP contribution in [0.5, 0.6) is 0 Å². The molecule has 0 saturated carbocycles. The molecule has 0 spiro atoms. The van der Waals surface area contributed by atoms with Crippen LogP contribution < -0.4 is 0 Å². The number of amides is 1. The summed E-state index contributed by atoms with van der Waals surface area (Å²) in [7, 11) is 0. The Morgan fingerprint density at radius 2 is 1.77 bits per heavy atom. The summed E-state index contributed by atoms with van der Waals surface area (Å²) in [6.45, 7) is 10.1. The molecule has 2 aliphatic rings. The summed E-state index contributed by atoms with van der Waals surface area (Å²) in [4.78, 5) is 27.0. The molecule has 1 amide bonds. The third-order valence-corrected chi connectivity index (χ3v) is 5.22. The summed E-state index contributed by atoms with van der Waals surface area (Å²) in [5.74, 6) is 0.653. The monoisotopic (exact) mass is 358 g/mol. The van der Waals surface area contributed by atoms with E-state index in [0.717, 1.165) is 51.9 Å². The third-order valence-electron chi connectivity index (χ3n) is 5.22. The van der Waals surface area contributed by atoms with Gasteiger partial charge in [-0.3, -0.25) is 4.90 Å². The lowest BCUT2D eigenvalue weighted by molar-refractivity contribution is -0.112. The number of carbonyl (C=O) groups excluding carboxylic acids is 2. The Morgan fingerprint density at radius 1 is 1.15 bits per heavy atom. The largest absolute Gasteiger partial charge is 0.444 e. The molecule has 2 aliphatic heterocycles. The van der Waals surface area contributed by atoms with E-state index in [4.69, 9.17) is 4.74 Å². The number of hydrogen-bond donors (Lipinski definition) is 0. The number of nitrogens with zero attached hydrogens (tertiary/aromatic N) is 2. The van der Waals surface area contributed by atoms with Crippen LogP contribution in [-0.4, -0.2) is 54.0 Å². The molecule has 0 bridgehead atoms. The maximum atomic E-state index is 12.0. The highest BCUT2D eigenvalue weighted by atomic mass is 16.6. The predicted octanol–water partition coefficient (Wildman–Crippen LogP) is 3.43. The molecule has 2 saturated heterocycles. The van der Waals surface area contributed by atoms with Gasteiger partial charge in [-0.2, -0.15) is 0 Å². The van der Waals surface area contributed by atoms with E-state index in [2.05, 4.69) is 29.2 Å². The van der Waals surface area contributed by atoms with Crippen LogP contribution in [0.2, 0.25) is 0 Å². The van der Waals surface area contributed by atoms with Gasteiger partial charge >= 0.3 is 6.09 Å². The van der Waals surface area contributed by atoms with Crippen LogP contribution in [0.3, 0.4) is 0 Å². The minimum atomic E-state index is -0.440. The lowest BCUT2D eigenvalue weighted by Crippen LogP contribution is -2.50. The highest BCUT2D eigenvalue weighted by molar-refractivity contribution is 5.69. The fraction of sp³-hybridized carbons (Fsp3) is 0.619. The van der Waals surface area contributed by atoms with E-state index in [-0.39, 0.29) is 12.0 Å². The first-order valence-electron chi connectivity index (χ1n) is 9.58. The molecule has 2 fully saturated rings. The molecule has 0 aromatic heterocycles. The molecule has 0 atom stereocenters. The Balaban J connectivity index is 1.46. The van der Waals surface area contributed by atoms with Crippen molar-refractivity contribution in [2.24, 2.45) is 5.92 Å². The lowest BCUT2D eigenvalue weighted by Gasteiger charge is -2.40. The number of aldehydes is 1. The summed E-state index contributed by atoms with van der Waals surface area (Å²) in [5, 5.41) is 0. The molecule has 3 rings (SSSR count). The quantitative estimate of drug-likeness (QED) is 0.774. The van der Waals surface area contributed by atoms with Gasteiger partial charge < -0.3 is 14.4 Å². The number of carbonyl (C=O) groups is 2. The highest BCUT2D eigenvalue weighted by Gasteiger charge is 2.34. The van der Waals surface area contributed by atoms with Gasteiger partial charge in [0, 0.05) is 31.5 Å². The summed E-state index contributed by atoms with van der Waals surface area (Å²) >= 11 is 0. The maximum absolute atomic E-state index is 12.0. The fourth-order valence-electron chi connectivity index (χ4n) is 3.57. The zero-order chi connectivity index (χ0) is 18.7. The van der Waals surface area contributed by atoms with E-state index in [1.807, 2.05) is 20.8 Å². The standard InChI is InChI=1S/C21H30N2O3/c1-21(2,3)26-20(25)23-13-19(14-23)18-6-4-16(5-7-18)12-22-10-8-17(15-24)9-11-22/h4-7,15,17,19H,8-14H2,1-3H3. The Hall–Kier alpha value is -1.88. The summed E-state index contributed by atoms with van der Waals surface area (Å²) in [6, 6.07) is 8.75. The van der Waals surface area contributed by atoms with Crippen molar-refractivity contribution in [3.8, 4) is 0 Å². The lowest BCUT2D eigenvalue weighted by atomic mass is 9.91. The molecule has 0 N–H and O–H groups in total. The predicted molar refractivity (Wildman–Crippen MR) is 101 cm³/mol. The van der Waals surface area contributed by atoms with Gasteiger partial charge in [0.05, 0.1) is 0 Å². The molecule has 0 radical (unpaired) electrons. The van der Waals surface area contributed by atoms with E-state index in [9.17, 15) is 9.59 Å². The van der Waals surface area contributed by atoms with Gasteiger partial charge in [-0.25, -0.2) is 4.79 Å². The first-order chi connectivity index (χ1) is 12.3. The Morgan fingerprint density at radius 3 is 2.31 bits per heavy atom. The minimum absolute atomic E-state index is 0.218. The van der Waals surface area contributed by atoms with Gasteiger partial charge in [0.25, 0.3) is 0 Å². The average molecular weight is 358 g/mol. The molecule has 26 heavy (non-hydrogen) atoms. The van der Waals surface area contributed by atoms with Crippen LogP contribution in [0.1, 0.15) is 50.7 Å². The van der Waals surface area contributed by atoms with Gasteiger partial charge in [-0.15, -0.1) is 0 Å². The molecule has 0 aliphatic carbocycles. The Labute approximate surface area is 156 Å². The summed E-state index contributed by atoms with van der Waals surface area (Å²) < 4.78 is 5.40. The van der Waals surface area contributed by atoms with Crippen molar-refractivity contribution in [1.29, 1.82) is 0 Å². The number of ether oxygens (including phenoxy) is 1. The van der Waals surface area contributed by atoms with Crippen molar-refractivity contribution >= 4 is 12.4 Å². The highest BCUT2D eigenvalue weighted by Crippen LogP contribution is 2.29. The SMILES string of the molecule is CC(C)(C)OC(=O)N1CC(c2ccc(CN3CCC(C=O)CC3)cc2)C1. The minimum Gasteiger partial charge on any atom is -0.444 e. The van der Waals surface area contributed by atoms with Gasteiger partial charge in [0.1, 0.15) is 11.9 Å². The van der Waals surface area contributed by atoms with E-state index in [0.29, 0.717) is 5.92 Å². The molecule has 5 nitrogen and oxygen atoms in total. The number of rotatable bonds is 4. The van der Waals surface area contributed by atoms with E-state index >= 15 is 0 Å². The second kappa shape index (κ2) is 7.78. The summed E-state index contributed by atoms with van der Waals surface area (Å²) in [6.07, 6.45) is 2.84. The molecular weight excluding hydrogens is 328 g/mol. The van der Waals surface area contributed by atoms with Crippen LogP contribution in [0, 0.1) is 5.92 Å². The molecular formula is C21H30N2O3. The second-order valence-corrected chi connectivity index (χ2v) is 8.57. The molecule has 5 heteroatoms. The van der Waals surface area contributed by atoms with Gasteiger partial charge in [-0.1, -0.05) is 24.3 Å². The van der Waals surface area contributed by atoms with Crippen molar-refractivity contribution < 1.29 is 14.3 Å². The van der Waals surface area contributed by atoms with Crippen LogP contribution >= 0.6 is 0 Å². The van der Waals surface area contributed by atoms with Crippen LogP contribution in [-0.2, 0) is 16.1 Å². The number of benzene rings is 1. The number of likely N-dealkylation sites (tertiary alicyclic amines) is 2. The smallest absolute Gasteiger partial charge is 0.410 e. The normalized spacial score (nSPS) is 19.9. The van der Waals surface area contributed by atoms with E-state index in [1.54, 1.807) is 4.90 Å². The first kappa shape index (κ1) is 18.9. The second-order valence-electron chi connectivity index (χ2n) is 8.57. The molecule has 1 aromatic carbocycles. The van der Waals surface area contributed by atoms with Crippen molar-refractivity contribution in [3.05, 3.63) is 35.4 Å². The van der Waals surface area contributed by atoms with Crippen LogP contribution in [0.25, 0.3) is 0 Å². The van der Waals surface area contributed by atoms with Gasteiger partial charge in [0.15, 0.2) is 0 Å². The van der Waals surface area contributed by atoms with Crippen LogP contribution in [0.15, 0.2) is 24.3 Å². The molecule has 2 heterocycles. The van der Waals surface area contributed by atoms with Crippen molar-refractivity contribution in [2.45, 2.75) is 51.7 Å².